The van der Waals surface area contributed by atoms with E-state index in [-0.39, 0.29) is 17.7 Å². The van der Waals surface area contributed by atoms with Crippen LogP contribution in [0.15, 0.2) is 4.52 Å². The van der Waals surface area contributed by atoms with E-state index in [2.05, 4.69) is 11.2 Å². The molecule has 0 saturated carbocycles. The van der Waals surface area contributed by atoms with E-state index in [1.165, 1.54) is 0 Å². The maximum atomic E-state index is 12.6. The van der Waals surface area contributed by atoms with E-state index in [1.54, 1.807) is 18.7 Å². The van der Waals surface area contributed by atoms with Gasteiger partial charge in [-0.2, -0.15) is 5.26 Å². The number of amides is 1. The van der Waals surface area contributed by atoms with Gasteiger partial charge in [-0.3, -0.25) is 4.79 Å². The normalized spacial score (nSPS) is 12.3. The fraction of sp³-hybridized carbons (Fsp3) is 0.643. The molecule has 0 radical (unpaired) electrons. The Bertz CT molecular complexity index is 485. The number of carbonyl (C=O) groups excluding carboxylic acids is 1. The molecule has 0 spiro atoms. The second kappa shape index (κ2) is 6.37. The van der Waals surface area contributed by atoms with Crippen molar-refractivity contribution in [1.82, 2.24) is 10.1 Å². The van der Waals surface area contributed by atoms with Gasteiger partial charge in [0.15, 0.2) is 5.76 Å². The summed E-state index contributed by atoms with van der Waals surface area (Å²) in [7, 11) is 0. The van der Waals surface area contributed by atoms with Crippen molar-refractivity contribution in [2.45, 2.75) is 40.5 Å². The molecule has 19 heavy (non-hydrogen) atoms. The molecule has 0 saturated heterocycles. The van der Waals surface area contributed by atoms with Crippen LogP contribution in [0.2, 0.25) is 0 Å². The fourth-order valence-corrected chi connectivity index (χ4v) is 1.93. The third kappa shape index (κ3) is 3.34. The minimum absolute atomic E-state index is 0.104. The number of hydrogen-bond acceptors (Lipinski definition) is 4. The van der Waals surface area contributed by atoms with Gasteiger partial charge >= 0.3 is 0 Å². The molecule has 0 aliphatic carbocycles. The van der Waals surface area contributed by atoms with Gasteiger partial charge in [0.2, 0.25) is 0 Å². The van der Waals surface area contributed by atoms with E-state index in [4.69, 9.17) is 9.78 Å². The van der Waals surface area contributed by atoms with Crippen molar-refractivity contribution >= 4 is 5.91 Å². The van der Waals surface area contributed by atoms with Crippen LogP contribution in [0.1, 0.15) is 55.4 Å². The molecule has 0 bridgehead atoms. The summed E-state index contributed by atoms with van der Waals surface area (Å²) >= 11 is 0. The molecule has 0 aromatic carbocycles. The van der Waals surface area contributed by atoms with Gasteiger partial charge in [0.25, 0.3) is 5.91 Å². The average molecular weight is 263 g/mol. The molecule has 1 rings (SSSR count). The molecule has 0 fully saturated rings. The first-order valence-electron chi connectivity index (χ1n) is 6.57. The predicted octanol–water partition coefficient (Wildman–Crippen LogP) is 2.73. The van der Waals surface area contributed by atoms with Gasteiger partial charge in [0.05, 0.1) is 17.7 Å². The third-order valence-electron chi connectivity index (χ3n) is 3.01. The van der Waals surface area contributed by atoms with E-state index in [0.717, 1.165) is 0 Å². The van der Waals surface area contributed by atoms with Gasteiger partial charge in [0.1, 0.15) is 5.56 Å². The number of aromatic nitrogens is 1. The number of hydrogen-bond donors (Lipinski definition) is 0. The molecule has 0 aliphatic rings. The zero-order valence-corrected chi connectivity index (χ0v) is 12.2. The molecule has 5 nitrogen and oxygen atoms in total. The maximum absolute atomic E-state index is 12.6. The van der Waals surface area contributed by atoms with Crippen LogP contribution < -0.4 is 0 Å². The highest BCUT2D eigenvalue weighted by Crippen LogP contribution is 2.23. The summed E-state index contributed by atoms with van der Waals surface area (Å²) < 4.78 is 5.24. The van der Waals surface area contributed by atoms with Crippen LogP contribution in [0, 0.1) is 24.2 Å². The Morgan fingerprint density at radius 2 is 2.11 bits per heavy atom. The number of rotatable bonds is 5. The highest BCUT2D eigenvalue weighted by molar-refractivity contribution is 5.96. The molecule has 1 amide bonds. The number of nitrogens with zero attached hydrogens (tertiary/aromatic N) is 3. The summed E-state index contributed by atoms with van der Waals surface area (Å²) in [5, 5.41) is 12.8. The highest BCUT2D eigenvalue weighted by Gasteiger charge is 2.26. The Morgan fingerprint density at radius 1 is 1.47 bits per heavy atom. The molecule has 5 heteroatoms. The van der Waals surface area contributed by atoms with Crippen LogP contribution in [0.5, 0.6) is 0 Å². The summed E-state index contributed by atoms with van der Waals surface area (Å²) in [6.45, 7) is 10.4. The Labute approximate surface area is 114 Å². The first-order valence-corrected chi connectivity index (χ1v) is 6.57. The summed E-state index contributed by atoms with van der Waals surface area (Å²) in [5.74, 6) is 0.427. The Hall–Kier alpha value is -1.83. The molecule has 0 N–H and O–H groups in total. The zero-order valence-electron chi connectivity index (χ0n) is 12.2. The van der Waals surface area contributed by atoms with Crippen LogP contribution in [-0.4, -0.2) is 29.1 Å². The highest BCUT2D eigenvalue weighted by atomic mass is 16.5. The topological polar surface area (TPSA) is 70.1 Å². The largest absolute Gasteiger partial charge is 0.360 e. The van der Waals surface area contributed by atoms with Gasteiger partial charge < -0.3 is 9.42 Å². The average Bonchev–Trinajstić information content (AvgIpc) is 2.76. The maximum Gasteiger partial charge on any atom is 0.259 e. The third-order valence-corrected chi connectivity index (χ3v) is 3.01. The minimum atomic E-state index is -0.188. The monoisotopic (exact) mass is 263 g/mol. The van der Waals surface area contributed by atoms with Crippen LogP contribution >= 0.6 is 0 Å². The predicted molar refractivity (Wildman–Crippen MR) is 71.7 cm³/mol. The molecule has 1 aromatic heterocycles. The molecule has 1 heterocycles. The standard InChI is InChI=1S/C14H21N3O2/c1-6-17(8-10(4)7-15)14(18)12-11(5)16-19-13(12)9(2)3/h9-10H,6,8H2,1-5H3/t10-/m0/s1. The van der Waals surface area contributed by atoms with Crippen molar-refractivity contribution in [3.63, 3.8) is 0 Å². The van der Waals surface area contributed by atoms with Gasteiger partial charge in [-0.05, 0) is 20.8 Å². The molecule has 0 unspecified atom stereocenters. The van der Waals surface area contributed by atoms with Crippen molar-refractivity contribution in [3.8, 4) is 6.07 Å². The van der Waals surface area contributed by atoms with E-state index >= 15 is 0 Å². The molecular formula is C14H21N3O2. The van der Waals surface area contributed by atoms with Crippen molar-refractivity contribution in [2.75, 3.05) is 13.1 Å². The fourth-order valence-electron chi connectivity index (χ4n) is 1.93. The second-order valence-corrected chi connectivity index (χ2v) is 5.04. The smallest absolute Gasteiger partial charge is 0.259 e. The first kappa shape index (κ1) is 15.2. The molecule has 1 atom stereocenters. The SMILES string of the molecule is CCN(C[C@@H](C)C#N)C(=O)c1c(C)noc1C(C)C. The molecule has 1 aromatic rings. The van der Waals surface area contributed by atoms with Crippen molar-refractivity contribution in [3.05, 3.63) is 17.0 Å². The Kier molecular flexibility index (Phi) is 5.11. The summed E-state index contributed by atoms with van der Waals surface area (Å²) in [4.78, 5) is 14.2. The van der Waals surface area contributed by atoms with Gasteiger partial charge in [-0.25, -0.2) is 0 Å². The minimum Gasteiger partial charge on any atom is -0.360 e. The van der Waals surface area contributed by atoms with Crippen LogP contribution in [0.3, 0.4) is 0 Å². The summed E-state index contributed by atoms with van der Waals surface area (Å²) in [5.41, 5.74) is 1.15. The number of nitriles is 1. The number of aryl methyl sites for hydroxylation is 1. The molecule has 104 valence electrons. The van der Waals surface area contributed by atoms with Crippen LogP contribution in [0.4, 0.5) is 0 Å². The van der Waals surface area contributed by atoms with E-state index < -0.39 is 0 Å². The van der Waals surface area contributed by atoms with Crippen molar-refractivity contribution < 1.29 is 9.32 Å². The summed E-state index contributed by atoms with van der Waals surface area (Å²) in [6, 6.07) is 2.15. The lowest BCUT2D eigenvalue weighted by atomic mass is 10.0. The molecule has 0 aliphatic heterocycles. The van der Waals surface area contributed by atoms with E-state index in [1.807, 2.05) is 20.8 Å². The van der Waals surface area contributed by atoms with Gasteiger partial charge in [-0.1, -0.05) is 19.0 Å². The lowest BCUT2D eigenvalue weighted by molar-refractivity contribution is 0.0749. The quantitative estimate of drug-likeness (QED) is 0.819. The summed E-state index contributed by atoms with van der Waals surface area (Å²) in [6.07, 6.45) is 0. The lowest BCUT2D eigenvalue weighted by Crippen LogP contribution is -2.35. The zero-order chi connectivity index (χ0) is 14.6. The van der Waals surface area contributed by atoms with E-state index in [9.17, 15) is 4.79 Å². The molecular weight excluding hydrogens is 242 g/mol. The van der Waals surface area contributed by atoms with Gasteiger partial charge in [-0.15, -0.1) is 0 Å². The Balaban J connectivity index is 3.04. The van der Waals surface area contributed by atoms with Crippen LogP contribution in [0.25, 0.3) is 0 Å². The van der Waals surface area contributed by atoms with E-state index in [0.29, 0.717) is 30.1 Å². The van der Waals surface area contributed by atoms with Crippen molar-refractivity contribution in [2.24, 2.45) is 5.92 Å². The van der Waals surface area contributed by atoms with Gasteiger partial charge in [0, 0.05) is 19.0 Å². The van der Waals surface area contributed by atoms with Crippen molar-refractivity contribution in [1.29, 1.82) is 5.26 Å². The first-order chi connectivity index (χ1) is 8.92. The second-order valence-electron chi connectivity index (χ2n) is 5.04. The van der Waals surface area contributed by atoms with Crippen LogP contribution in [-0.2, 0) is 0 Å². The Morgan fingerprint density at radius 3 is 2.58 bits per heavy atom. The lowest BCUT2D eigenvalue weighted by Gasteiger charge is -2.22. The number of carbonyl (C=O) groups is 1.